The fourth-order valence-electron chi connectivity index (χ4n) is 3.96. The van der Waals surface area contributed by atoms with E-state index in [4.69, 9.17) is 9.47 Å². The Hall–Kier alpha value is -4.24. The molecule has 0 bridgehead atoms. The van der Waals surface area contributed by atoms with Crippen LogP contribution >= 0.6 is 0 Å². The Balaban J connectivity index is 1.37. The highest BCUT2D eigenvalue weighted by Gasteiger charge is 2.28. The fraction of sp³-hybridized carbons (Fsp3) is 0.185. The molecule has 0 fully saturated rings. The summed E-state index contributed by atoms with van der Waals surface area (Å²) in [7, 11) is 0. The summed E-state index contributed by atoms with van der Waals surface area (Å²) in [6, 6.07) is 19.2. The summed E-state index contributed by atoms with van der Waals surface area (Å²) in [5, 5.41) is 12.9. The minimum atomic E-state index is -0.577. The topological polar surface area (TPSA) is 84.9 Å². The highest BCUT2D eigenvalue weighted by atomic mass is 16.5. The van der Waals surface area contributed by atoms with Crippen LogP contribution in [0.25, 0.3) is 11.1 Å². The molecule has 0 radical (unpaired) electrons. The number of hydrogen-bond donors (Lipinski definition) is 2. The van der Waals surface area contributed by atoms with Crippen molar-refractivity contribution in [3.8, 4) is 34.5 Å². The molecule has 33 heavy (non-hydrogen) atoms. The van der Waals surface area contributed by atoms with Gasteiger partial charge in [-0.3, -0.25) is 4.79 Å². The first kappa shape index (κ1) is 22.0. The maximum absolute atomic E-state index is 12.2. The van der Waals surface area contributed by atoms with E-state index in [2.05, 4.69) is 41.4 Å². The number of ether oxygens (including phenoxy) is 2. The zero-order valence-corrected chi connectivity index (χ0v) is 18.1. The standard InChI is InChI=1S/C27H23NO5/c1-2-32-25-15-18(16-29)14-19(26(25)30)8-7-13-28-27(31)33-17-24-22-11-5-3-9-20(22)21-10-4-6-12-23(21)24/h3-6,9-12,14-16,24,30H,2,13,17H2,1H3,(H,28,31). The average Bonchev–Trinajstić information content (AvgIpc) is 3.16. The van der Waals surface area contributed by atoms with Gasteiger partial charge >= 0.3 is 6.09 Å². The number of aldehydes is 1. The summed E-state index contributed by atoms with van der Waals surface area (Å²) in [5.41, 5.74) is 5.19. The van der Waals surface area contributed by atoms with E-state index in [-0.39, 0.29) is 36.1 Å². The van der Waals surface area contributed by atoms with Gasteiger partial charge in [0.05, 0.1) is 18.7 Å². The fourth-order valence-corrected chi connectivity index (χ4v) is 3.96. The van der Waals surface area contributed by atoms with Crippen LogP contribution in [0.4, 0.5) is 4.79 Å². The van der Waals surface area contributed by atoms with E-state index in [1.807, 2.05) is 24.3 Å². The third kappa shape index (κ3) is 4.68. The van der Waals surface area contributed by atoms with E-state index < -0.39 is 6.09 Å². The van der Waals surface area contributed by atoms with Crippen molar-refractivity contribution in [3.63, 3.8) is 0 Å². The van der Waals surface area contributed by atoms with Crippen LogP contribution in [0.3, 0.4) is 0 Å². The molecular weight excluding hydrogens is 418 g/mol. The van der Waals surface area contributed by atoms with Crippen LogP contribution in [0.1, 0.15) is 39.9 Å². The normalized spacial score (nSPS) is 11.5. The van der Waals surface area contributed by atoms with Crippen LogP contribution < -0.4 is 10.1 Å². The van der Waals surface area contributed by atoms with Gasteiger partial charge in [-0.05, 0) is 41.3 Å². The third-order valence-corrected chi connectivity index (χ3v) is 5.42. The molecule has 0 aliphatic heterocycles. The molecule has 0 atom stereocenters. The zero-order valence-electron chi connectivity index (χ0n) is 18.1. The quantitative estimate of drug-likeness (QED) is 0.435. The Morgan fingerprint density at radius 2 is 1.76 bits per heavy atom. The number of phenols is 1. The summed E-state index contributed by atoms with van der Waals surface area (Å²) >= 11 is 0. The minimum absolute atomic E-state index is 0.0192. The van der Waals surface area contributed by atoms with E-state index in [1.54, 1.807) is 6.92 Å². The number of carbonyl (C=O) groups excluding carboxylic acids is 2. The van der Waals surface area contributed by atoms with Crippen LogP contribution in [0.5, 0.6) is 11.5 Å². The van der Waals surface area contributed by atoms with Crippen molar-refractivity contribution >= 4 is 12.4 Å². The van der Waals surface area contributed by atoms with E-state index >= 15 is 0 Å². The second-order valence-corrected chi connectivity index (χ2v) is 7.45. The number of rotatable bonds is 6. The minimum Gasteiger partial charge on any atom is -0.503 e. The molecule has 0 spiro atoms. The van der Waals surface area contributed by atoms with Crippen molar-refractivity contribution in [1.82, 2.24) is 5.32 Å². The van der Waals surface area contributed by atoms with Crippen molar-refractivity contribution in [1.29, 1.82) is 0 Å². The molecule has 166 valence electrons. The lowest BCUT2D eigenvalue weighted by atomic mass is 9.98. The maximum Gasteiger partial charge on any atom is 0.407 e. The number of phenolic OH excluding ortho intramolecular Hbond substituents is 1. The number of alkyl carbamates (subject to hydrolysis) is 1. The van der Waals surface area contributed by atoms with Gasteiger partial charge < -0.3 is 19.9 Å². The largest absolute Gasteiger partial charge is 0.503 e. The zero-order chi connectivity index (χ0) is 23.2. The van der Waals surface area contributed by atoms with Crippen molar-refractivity contribution in [2.24, 2.45) is 0 Å². The Morgan fingerprint density at radius 1 is 1.09 bits per heavy atom. The summed E-state index contributed by atoms with van der Waals surface area (Å²) in [4.78, 5) is 23.3. The van der Waals surface area contributed by atoms with Gasteiger partial charge in [0.15, 0.2) is 11.5 Å². The van der Waals surface area contributed by atoms with Gasteiger partial charge in [-0.15, -0.1) is 0 Å². The maximum atomic E-state index is 12.2. The summed E-state index contributed by atoms with van der Waals surface area (Å²) in [6.07, 6.45) is 0.0780. The molecule has 0 saturated carbocycles. The lowest BCUT2D eigenvalue weighted by molar-refractivity contribution is 0.112. The van der Waals surface area contributed by atoms with Crippen LogP contribution in [-0.2, 0) is 4.74 Å². The number of carbonyl (C=O) groups is 2. The van der Waals surface area contributed by atoms with Gasteiger partial charge in [0.1, 0.15) is 12.9 Å². The van der Waals surface area contributed by atoms with Crippen molar-refractivity contribution < 1.29 is 24.2 Å². The van der Waals surface area contributed by atoms with Gasteiger partial charge in [-0.2, -0.15) is 0 Å². The van der Waals surface area contributed by atoms with E-state index in [0.29, 0.717) is 18.5 Å². The number of fused-ring (bicyclic) bond motifs is 3. The second kappa shape index (κ2) is 9.92. The molecule has 0 heterocycles. The van der Waals surface area contributed by atoms with Gasteiger partial charge in [0.2, 0.25) is 0 Å². The van der Waals surface area contributed by atoms with Gasteiger partial charge in [0.25, 0.3) is 0 Å². The number of aromatic hydroxyl groups is 1. The molecule has 2 N–H and O–H groups in total. The number of nitrogens with one attached hydrogen (secondary N) is 1. The molecule has 6 nitrogen and oxygen atoms in total. The highest BCUT2D eigenvalue weighted by Crippen LogP contribution is 2.44. The second-order valence-electron chi connectivity index (χ2n) is 7.45. The number of amides is 1. The van der Waals surface area contributed by atoms with Crippen LogP contribution in [0, 0.1) is 11.8 Å². The molecule has 0 aromatic heterocycles. The van der Waals surface area contributed by atoms with E-state index in [9.17, 15) is 14.7 Å². The molecule has 0 unspecified atom stereocenters. The van der Waals surface area contributed by atoms with Crippen LogP contribution in [-0.4, -0.2) is 37.2 Å². The molecule has 0 saturated heterocycles. The van der Waals surface area contributed by atoms with Crippen molar-refractivity contribution in [2.45, 2.75) is 12.8 Å². The Kier molecular flexibility index (Phi) is 6.61. The summed E-state index contributed by atoms with van der Waals surface area (Å²) in [6.45, 7) is 2.35. The van der Waals surface area contributed by atoms with E-state index in [1.165, 1.54) is 12.1 Å². The summed E-state index contributed by atoms with van der Waals surface area (Å²) < 4.78 is 10.8. The molecule has 3 aromatic rings. The molecule has 1 aliphatic carbocycles. The van der Waals surface area contributed by atoms with Gasteiger partial charge in [0, 0.05) is 11.5 Å². The Labute approximate surface area is 192 Å². The first-order valence-electron chi connectivity index (χ1n) is 10.6. The molecule has 6 heteroatoms. The molecule has 1 amide bonds. The molecule has 1 aliphatic rings. The Morgan fingerprint density at radius 3 is 2.39 bits per heavy atom. The van der Waals surface area contributed by atoms with E-state index in [0.717, 1.165) is 22.3 Å². The molecular formula is C27H23NO5. The number of hydrogen-bond acceptors (Lipinski definition) is 5. The lowest BCUT2D eigenvalue weighted by Gasteiger charge is -2.14. The predicted octanol–water partition coefficient (Wildman–Crippen LogP) is 4.49. The van der Waals surface area contributed by atoms with Crippen LogP contribution in [0.15, 0.2) is 60.7 Å². The SMILES string of the molecule is CCOc1cc(C=O)cc(C#CCNC(=O)OCC2c3ccccc3-c3ccccc32)c1O. The van der Waals surface area contributed by atoms with Gasteiger partial charge in [-0.25, -0.2) is 4.79 Å². The average molecular weight is 441 g/mol. The monoisotopic (exact) mass is 441 g/mol. The summed E-state index contributed by atoms with van der Waals surface area (Å²) in [5.74, 6) is 5.54. The first-order valence-corrected chi connectivity index (χ1v) is 10.6. The smallest absolute Gasteiger partial charge is 0.407 e. The third-order valence-electron chi connectivity index (χ3n) is 5.42. The van der Waals surface area contributed by atoms with Crippen molar-refractivity contribution in [2.75, 3.05) is 19.8 Å². The molecule has 3 aromatic carbocycles. The van der Waals surface area contributed by atoms with Gasteiger partial charge in [-0.1, -0.05) is 60.4 Å². The van der Waals surface area contributed by atoms with Crippen molar-refractivity contribution in [3.05, 3.63) is 82.9 Å². The highest BCUT2D eigenvalue weighted by molar-refractivity contribution is 5.79. The van der Waals surface area contributed by atoms with Crippen LogP contribution in [0.2, 0.25) is 0 Å². The first-order chi connectivity index (χ1) is 16.1. The number of benzene rings is 3. The Bertz CT molecular complexity index is 1210. The lowest BCUT2D eigenvalue weighted by Crippen LogP contribution is -2.26. The predicted molar refractivity (Wildman–Crippen MR) is 125 cm³/mol. The molecule has 4 rings (SSSR count).